The van der Waals surface area contributed by atoms with Crippen molar-refractivity contribution in [3.05, 3.63) is 36.2 Å². The van der Waals surface area contributed by atoms with E-state index in [1.165, 1.54) is 0 Å². The largest absolute Gasteiger partial charge is 0.335 e. The van der Waals surface area contributed by atoms with E-state index in [0.717, 1.165) is 18.6 Å². The van der Waals surface area contributed by atoms with E-state index in [2.05, 4.69) is 24.3 Å². The molecule has 2 atom stereocenters. The molecule has 0 aromatic carbocycles. The summed E-state index contributed by atoms with van der Waals surface area (Å²) in [5, 5.41) is 7.66. The van der Waals surface area contributed by atoms with Gasteiger partial charge >= 0.3 is 0 Å². The fourth-order valence-corrected chi connectivity index (χ4v) is 2.76. The van der Waals surface area contributed by atoms with Crippen molar-refractivity contribution >= 4 is 11.4 Å². The molecule has 1 aliphatic heterocycles. The standard InChI is InChI=1S/C14H18N4O/c1-10-8-17(9-11(2)16-10)14(19)12-7-15-18-6-4-3-5-13(12)18/h3-7,10-11,16H,8-9H2,1-2H3. The summed E-state index contributed by atoms with van der Waals surface area (Å²) in [6, 6.07) is 6.42. The smallest absolute Gasteiger partial charge is 0.257 e. The van der Waals surface area contributed by atoms with Crippen molar-refractivity contribution in [1.82, 2.24) is 19.8 Å². The average Bonchev–Trinajstić information content (AvgIpc) is 2.80. The molecule has 1 amide bonds. The first kappa shape index (κ1) is 12.2. The molecule has 0 aliphatic carbocycles. The third-order valence-corrected chi connectivity index (χ3v) is 3.50. The third-order valence-electron chi connectivity index (χ3n) is 3.50. The SMILES string of the molecule is CC1CN(C(=O)c2cnn3ccccc23)CC(C)N1. The maximum Gasteiger partial charge on any atom is 0.257 e. The number of pyridine rings is 1. The lowest BCUT2D eigenvalue weighted by Crippen LogP contribution is -2.55. The van der Waals surface area contributed by atoms with Crippen LogP contribution in [0.5, 0.6) is 0 Å². The van der Waals surface area contributed by atoms with Crippen molar-refractivity contribution in [1.29, 1.82) is 0 Å². The third kappa shape index (κ3) is 2.21. The minimum Gasteiger partial charge on any atom is -0.335 e. The Morgan fingerprint density at radius 3 is 2.79 bits per heavy atom. The van der Waals surface area contributed by atoms with Crippen LogP contribution in [-0.4, -0.2) is 45.6 Å². The zero-order chi connectivity index (χ0) is 13.4. The van der Waals surface area contributed by atoms with Gasteiger partial charge in [-0.15, -0.1) is 0 Å². The van der Waals surface area contributed by atoms with Crippen molar-refractivity contribution in [3.63, 3.8) is 0 Å². The van der Waals surface area contributed by atoms with Crippen molar-refractivity contribution in [2.75, 3.05) is 13.1 Å². The summed E-state index contributed by atoms with van der Waals surface area (Å²) in [6.45, 7) is 5.69. The number of rotatable bonds is 1. The Kier molecular flexibility index (Phi) is 2.98. The molecule has 1 aliphatic rings. The van der Waals surface area contributed by atoms with Crippen LogP contribution in [0.3, 0.4) is 0 Å². The van der Waals surface area contributed by atoms with Gasteiger partial charge in [-0.25, -0.2) is 4.52 Å². The Hall–Kier alpha value is -1.88. The number of piperazine rings is 1. The maximum absolute atomic E-state index is 12.6. The molecule has 2 aromatic rings. The van der Waals surface area contributed by atoms with Crippen LogP contribution in [-0.2, 0) is 0 Å². The Labute approximate surface area is 112 Å². The second-order valence-corrected chi connectivity index (χ2v) is 5.27. The van der Waals surface area contributed by atoms with Crippen LogP contribution in [0, 0.1) is 0 Å². The molecule has 100 valence electrons. The topological polar surface area (TPSA) is 49.6 Å². The number of carbonyl (C=O) groups excluding carboxylic acids is 1. The van der Waals surface area contributed by atoms with Gasteiger partial charge in [0.2, 0.25) is 0 Å². The number of nitrogens with zero attached hydrogens (tertiary/aromatic N) is 3. The van der Waals surface area contributed by atoms with E-state index in [1.807, 2.05) is 29.3 Å². The molecule has 19 heavy (non-hydrogen) atoms. The number of hydrogen-bond acceptors (Lipinski definition) is 3. The van der Waals surface area contributed by atoms with E-state index in [0.29, 0.717) is 17.6 Å². The summed E-state index contributed by atoms with van der Waals surface area (Å²) >= 11 is 0. The van der Waals surface area contributed by atoms with Crippen LogP contribution in [0.2, 0.25) is 0 Å². The van der Waals surface area contributed by atoms with Gasteiger partial charge in [0.25, 0.3) is 5.91 Å². The monoisotopic (exact) mass is 258 g/mol. The van der Waals surface area contributed by atoms with E-state index >= 15 is 0 Å². The highest BCUT2D eigenvalue weighted by Gasteiger charge is 2.27. The molecule has 5 heteroatoms. The lowest BCUT2D eigenvalue weighted by atomic mass is 10.1. The summed E-state index contributed by atoms with van der Waals surface area (Å²) in [5.74, 6) is 0.0707. The van der Waals surface area contributed by atoms with Crippen molar-refractivity contribution in [2.24, 2.45) is 0 Å². The molecule has 3 rings (SSSR count). The summed E-state index contributed by atoms with van der Waals surface area (Å²) in [4.78, 5) is 14.5. The summed E-state index contributed by atoms with van der Waals surface area (Å²) in [7, 11) is 0. The molecule has 5 nitrogen and oxygen atoms in total. The predicted octanol–water partition coefficient (Wildman–Crippen LogP) is 1.16. The van der Waals surface area contributed by atoms with Gasteiger partial charge in [0, 0.05) is 31.4 Å². The number of carbonyl (C=O) groups is 1. The number of amides is 1. The van der Waals surface area contributed by atoms with Crippen LogP contribution >= 0.6 is 0 Å². The van der Waals surface area contributed by atoms with E-state index in [1.54, 1.807) is 10.7 Å². The van der Waals surface area contributed by atoms with Crippen molar-refractivity contribution < 1.29 is 4.79 Å². The van der Waals surface area contributed by atoms with Gasteiger partial charge in [0.15, 0.2) is 0 Å². The summed E-state index contributed by atoms with van der Waals surface area (Å²) < 4.78 is 1.74. The van der Waals surface area contributed by atoms with Gasteiger partial charge in [-0.05, 0) is 26.0 Å². The number of fused-ring (bicyclic) bond motifs is 1. The first-order valence-corrected chi connectivity index (χ1v) is 6.63. The zero-order valence-corrected chi connectivity index (χ0v) is 11.2. The van der Waals surface area contributed by atoms with Gasteiger partial charge in [0.05, 0.1) is 17.3 Å². The zero-order valence-electron chi connectivity index (χ0n) is 11.2. The van der Waals surface area contributed by atoms with E-state index < -0.39 is 0 Å². The van der Waals surface area contributed by atoms with Crippen LogP contribution in [0.15, 0.2) is 30.6 Å². The second kappa shape index (κ2) is 4.66. The Bertz CT molecular complexity index is 596. The predicted molar refractivity (Wildman–Crippen MR) is 73.2 cm³/mol. The maximum atomic E-state index is 12.6. The molecule has 0 radical (unpaired) electrons. The molecule has 0 saturated carbocycles. The summed E-state index contributed by atoms with van der Waals surface area (Å²) in [5.41, 5.74) is 1.55. The molecule has 3 heterocycles. The highest BCUT2D eigenvalue weighted by atomic mass is 16.2. The fraction of sp³-hybridized carbons (Fsp3) is 0.429. The number of hydrogen-bond donors (Lipinski definition) is 1. The molecular weight excluding hydrogens is 240 g/mol. The lowest BCUT2D eigenvalue weighted by Gasteiger charge is -2.36. The van der Waals surface area contributed by atoms with E-state index in [-0.39, 0.29) is 5.91 Å². The van der Waals surface area contributed by atoms with Crippen molar-refractivity contribution in [2.45, 2.75) is 25.9 Å². The molecule has 1 fully saturated rings. The van der Waals surface area contributed by atoms with Gasteiger partial charge in [-0.2, -0.15) is 5.10 Å². The fourth-order valence-electron chi connectivity index (χ4n) is 2.76. The molecule has 1 saturated heterocycles. The quantitative estimate of drug-likeness (QED) is 0.835. The van der Waals surface area contributed by atoms with E-state index in [4.69, 9.17) is 0 Å². The average molecular weight is 258 g/mol. The Morgan fingerprint density at radius 2 is 2.05 bits per heavy atom. The number of aromatic nitrogens is 2. The van der Waals surface area contributed by atoms with Crippen molar-refractivity contribution in [3.8, 4) is 0 Å². The van der Waals surface area contributed by atoms with Gasteiger partial charge in [-0.3, -0.25) is 4.79 Å². The van der Waals surface area contributed by atoms with Crippen LogP contribution in [0.4, 0.5) is 0 Å². The number of nitrogens with one attached hydrogen (secondary N) is 1. The first-order chi connectivity index (χ1) is 9.15. The van der Waals surface area contributed by atoms with Crippen LogP contribution < -0.4 is 5.32 Å². The normalized spacial score (nSPS) is 23.8. The van der Waals surface area contributed by atoms with Crippen LogP contribution in [0.1, 0.15) is 24.2 Å². The summed E-state index contributed by atoms with van der Waals surface area (Å²) in [6.07, 6.45) is 3.52. The lowest BCUT2D eigenvalue weighted by molar-refractivity contribution is 0.0676. The second-order valence-electron chi connectivity index (χ2n) is 5.27. The molecular formula is C14H18N4O. The molecule has 2 unspecified atom stereocenters. The highest BCUT2D eigenvalue weighted by molar-refractivity contribution is 6.00. The Balaban J connectivity index is 1.91. The minimum absolute atomic E-state index is 0.0707. The highest BCUT2D eigenvalue weighted by Crippen LogP contribution is 2.15. The van der Waals surface area contributed by atoms with Gasteiger partial charge in [0.1, 0.15) is 0 Å². The molecule has 2 aromatic heterocycles. The molecule has 0 spiro atoms. The van der Waals surface area contributed by atoms with Gasteiger partial charge in [-0.1, -0.05) is 6.07 Å². The first-order valence-electron chi connectivity index (χ1n) is 6.63. The minimum atomic E-state index is 0.0707. The molecule has 1 N–H and O–H groups in total. The van der Waals surface area contributed by atoms with E-state index in [9.17, 15) is 4.79 Å². The van der Waals surface area contributed by atoms with Crippen LogP contribution in [0.25, 0.3) is 5.52 Å². The molecule has 0 bridgehead atoms. The van der Waals surface area contributed by atoms with Gasteiger partial charge < -0.3 is 10.2 Å². The Morgan fingerprint density at radius 1 is 1.32 bits per heavy atom.